The van der Waals surface area contributed by atoms with Gasteiger partial charge < -0.3 is 5.11 Å². The number of hydrogen-bond donors (Lipinski definition) is 1. The SMILES string of the molecule is C/C=C(\C)CC/C=C(\C)CCCC(O)c1cccc(Br)c1. The second-order valence-corrected chi connectivity index (χ2v) is 6.60. The predicted molar refractivity (Wildman–Crippen MR) is 95.4 cm³/mol. The third-order valence-electron chi connectivity index (χ3n) is 3.81. The number of halogens is 1. The monoisotopic (exact) mass is 350 g/mol. The second kappa shape index (κ2) is 9.97. The summed E-state index contributed by atoms with van der Waals surface area (Å²) in [5.74, 6) is 0. The average Bonchev–Trinajstić information content (AvgIpc) is 2.46. The lowest BCUT2D eigenvalue weighted by atomic mass is 10.0. The number of rotatable bonds is 8. The number of hydrogen-bond acceptors (Lipinski definition) is 1. The highest BCUT2D eigenvalue weighted by Crippen LogP contribution is 2.23. The van der Waals surface area contributed by atoms with Crippen LogP contribution >= 0.6 is 15.9 Å². The summed E-state index contributed by atoms with van der Waals surface area (Å²) in [5.41, 5.74) is 3.87. The van der Waals surface area contributed by atoms with Crippen LogP contribution in [0.4, 0.5) is 0 Å². The smallest absolute Gasteiger partial charge is 0.0790 e. The van der Waals surface area contributed by atoms with Crippen LogP contribution in [0.15, 0.2) is 52.0 Å². The average molecular weight is 351 g/mol. The molecule has 0 aliphatic heterocycles. The Hall–Kier alpha value is -0.860. The van der Waals surface area contributed by atoms with Crippen LogP contribution in [-0.2, 0) is 0 Å². The van der Waals surface area contributed by atoms with Gasteiger partial charge >= 0.3 is 0 Å². The van der Waals surface area contributed by atoms with Crippen molar-refractivity contribution in [3.05, 3.63) is 57.6 Å². The van der Waals surface area contributed by atoms with Crippen molar-refractivity contribution in [2.45, 2.75) is 59.0 Å². The van der Waals surface area contributed by atoms with Crippen molar-refractivity contribution in [3.8, 4) is 0 Å². The Kier molecular flexibility index (Phi) is 8.63. The van der Waals surface area contributed by atoms with Crippen LogP contribution in [-0.4, -0.2) is 5.11 Å². The minimum atomic E-state index is -0.361. The minimum absolute atomic E-state index is 0.361. The number of benzene rings is 1. The van der Waals surface area contributed by atoms with E-state index in [1.807, 2.05) is 24.3 Å². The highest BCUT2D eigenvalue weighted by Gasteiger charge is 2.07. The van der Waals surface area contributed by atoms with E-state index in [2.05, 4.69) is 48.9 Å². The van der Waals surface area contributed by atoms with Crippen molar-refractivity contribution in [1.82, 2.24) is 0 Å². The molecule has 1 N–H and O–H groups in total. The van der Waals surface area contributed by atoms with Crippen LogP contribution in [0.1, 0.15) is 64.5 Å². The Bertz CT molecular complexity index is 488. The Morgan fingerprint density at radius 3 is 2.67 bits per heavy atom. The molecule has 1 nitrogen and oxygen atoms in total. The maximum atomic E-state index is 10.2. The summed E-state index contributed by atoms with van der Waals surface area (Å²) in [4.78, 5) is 0. The fraction of sp³-hybridized carbons (Fsp3) is 0.474. The molecule has 0 spiro atoms. The topological polar surface area (TPSA) is 20.2 Å². The van der Waals surface area contributed by atoms with Crippen molar-refractivity contribution in [2.75, 3.05) is 0 Å². The first-order chi connectivity index (χ1) is 10.0. The van der Waals surface area contributed by atoms with Gasteiger partial charge in [-0.25, -0.2) is 0 Å². The summed E-state index contributed by atoms with van der Waals surface area (Å²) in [7, 11) is 0. The molecule has 0 radical (unpaired) electrons. The molecule has 21 heavy (non-hydrogen) atoms. The van der Waals surface area contributed by atoms with Crippen LogP contribution < -0.4 is 0 Å². The van der Waals surface area contributed by atoms with Crippen LogP contribution in [0, 0.1) is 0 Å². The molecule has 1 atom stereocenters. The Morgan fingerprint density at radius 1 is 1.24 bits per heavy atom. The molecule has 0 saturated heterocycles. The van der Waals surface area contributed by atoms with Gasteiger partial charge in [-0.3, -0.25) is 0 Å². The molecule has 0 saturated carbocycles. The van der Waals surface area contributed by atoms with Gasteiger partial charge in [0.05, 0.1) is 6.10 Å². The Morgan fingerprint density at radius 2 is 2.00 bits per heavy atom. The fourth-order valence-corrected chi connectivity index (χ4v) is 2.66. The maximum Gasteiger partial charge on any atom is 0.0790 e. The highest BCUT2D eigenvalue weighted by atomic mass is 79.9. The summed E-state index contributed by atoms with van der Waals surface area (Å²) < 4.78 is 1.02. The zero-order valence-corrected chi connectivity index (χ0v) is 15.0. The summed E-state index contributed by atoms with van der Waals surface area (Å²) in [6.07, 6.45) is 9.33. The van der Waals surface area contributed by atoms with Crippen molar-refractivity contribution in [1.29, 1.82) is 0 Å². The van der Waals surface area contributed by atoms with Gasteiger partial charge in [0, 0.05) is 4.47 Å². The van der Waals surface area contributed by atoms with E-state index in [1.165, 1.54) is 11.1 Å². The molecule has 0 bridgehead atoms. The van der Waals surface area contributed by atoms with Crippen LogP contribution in [0.25, 0.3) is 0 Å². The molecule has 1 aromatic carbocycles. The predicted octanol–water partition coefficient (Wildman–Crippen LogP) is 6.35. The van der Waals surface area contributed by atoms with Gasteiger partial charge in [-0.2, -0.15) is 0 Å². The van der Waals surface area contributed by atoms with E-state index in [9.17, 15) is 5.11 Å². The summed E-state index contributed by atoms with van der Waals surface area (Å²) >= 11 is 3.44. The lowest BCUT2D eigenvalue weighted by Crippen LogP contribution is -1.97. The molecule has 0 aromatic heterocycles. The van der Waals surface area contributed by atoms with Gasteiger partial charge in [0.1, 0.15) is 0 Å². The molecule has 0 aliphatic carbocycles. The standard InChI is InChI=1S/C19H27BrO/c1-4-15(2)8-5-9-16(3)10-6-13-19(21)17-11-7-12-18(20)14-17/h4,7,9,11-12,14,19,21H,5-6,8,10,13H2,1-3H3/b15-4+,16-9+. The van der Waals surface area contributed by atoms with E-state index >= 15 is 0 Å². The molecule has 0 heterocycles. The minimum Gasteiger partial charge on any atom is -0.388 e. The Labute approximate surface area is 137 Å². The van der Waals surface area contributed by atoms with Crippen molar-refractivity contribution >= 4 is 15.9 Å². The van der Waals surface area contributed by atoms with E-state index in [-0.39, 0.29) is 6.10 Å². The van der Waals surface area contributed by atoms with Gasteiger partial charge in [-0.1, -0.05) is 51.4 Å². The van der Waals surface area contributed by atoms with Gasteiger partial charge in [-0.05, 0) is 70.6 Å². The largest absolute Gasteiger partial charge is 0.388 e. The normalized spacial score (nSPS) is 14.3. The van der Waals surface area contributed by atoms with E-state index < -0.39 is 0 Å². The summed E-state index contributed by atoms with van der Waals surface area (Å²) in [6, 6.07) is 7.93. The van der Waals surface area contributed by atoms with Gasteiger partial charge in [0.2, 0.25) is 0 Å². The number of aliphatic hydroxyl groups is 1. The van der Waals surface area contributed by atoms with E-state index in [0.717, 1.165) is 42.1 Å². The zero-order valence-electron chi connectivity index (χ0n) is 13.4. The molecule has 0 fully saturated rings. The number of allylic oxidation sites excluding steroid dienone is 4. The molecule has 1 rings (SSSR count). The zero-order chi connectivity index (χ0) is 15.7. The van der Waals surface area contributed by atoms with E-state index in [0.29, 0.717) is 0 Å². The maximum absolute atomic E-state index is 10.2. The second-order valence-electron chi connectivity index (χ2n) is 5.69. The molecule has 116 valence electrons. The third-order valence-corrected chi connectivity index (χ3v) is 4.30. The molecule has 0 aliphatic rings. The number of aliphatic hydroxyl groups excluding tert-OH is 1. The first-order valence-corrected chi connectivity index (χ1v) is 8.53. The quantitative estimate of drug-likeness (QED) is 0.541. The Balaban J connectivity index is 2.31. The first-order valence-electron chi connectivity index (χ1n) is 7.74. The molecular formula is C19H27BrO. The molecule has 1 aromatic rings. The molecule has 0 amide bonds. The lowest BCUT2D eigenvalue weighted by molar-refractivity contribution is 0.164. The molecule has 2 heteroatoms. The van der Waals surface area contributed by atoms with Crippen LogP contribution in [0.2, 0.25) is 0 Å². The van der Waals surface area contributed by atoms with E-state index in [1.54, 1.807) is 0 Å². The van der Waals surface area contributed by atoms with Gasteiger partial charge in [0.25, 0.3) is 0 Å². The van der Waals surface area contributed by atoms with E-state index in [4.69, 9.17) is 0 Å². The summed E-state index contributed by atoms with van der Waals surface area (Å²) in [5, 5.41) is 10.2. The van der Waals surface area contributed by atoms with Crippen LogP contribution in [0.5, 0.6) is 0 Å². The lowest BCUT2D eigenvalue weighted by Gasteiger charge is -2.11. The van der Waals surface area contributed by atoms with Crippen molar-refractivity contribution < 1.29 is 5.11 Å². The highest BCUT2D eigenvalue weighted by molar-refractivity contribution is 9.10. The molecular weight excluding hydrogens is 324 g/mol. The van der Waals surface area contributed by atoms with Crippen molar-refractivity contribution in [2.24, 2.45) is 0 Å². The van der Waals surface area contributed by atoms with Gasteiger partial charge in [-0.15, -0.1) is 0 Å². The van der Waals surface area contributed by atoms with Gasteiger partial charge in [0.15, 0.2) is 0 Å². The first kappa shape index (κ1) is 18.2. The summed E-state index contributed by atoms with van der Waals surface area (Å²) in [6.45, 7) is 6.46. The fourth-order valence-electron chi connectivity index (χ4n) is 2.25. The molecule has 1 unspecified atom stereocenters. The van der Waals surface area contributed by atoms with Crippen molar-refractivity contribution in [3.63, 3.8) is 0 Å². The van der Waals surface area contributed by atoms with Crippen LogP contribution in [0.3, 0.4) is 0 Å². The third kappa shape index (κ3) is 7.63.